The summed E-state index contributed by atoms with van der Waals surface area (Å²) in [5.41, 5.74) is 1.33. The van der Waals surface area contributed by atoms with Crippen LogP contribution in [0.4, 0.5) is 0 Å². The number of para-hydroxylation sites is 1. The SMILES string of the molecule is c1ccc(Oc2cccc(CCCN3CCOCC3)c2)cc1. The smallest absolute Gasteiger partial charge is 0.127 e. The van der Waals surface area contributed by atoms with Gasteiger partial charge in [0, 0.05) is 13.1 Å². The Morgan fingerprint density at radius 2 is 1.68 bits per heavy atom. The molecule has 1 saturated heterocycles. The fraction of sp³-hybridized carbons (Fsp3) is 0.368. The summed E-state index contributed by atoms with van der Waals surface area (Å²) in [4.78, 5) is 2.48. The van der Waals surface area contributed by atoms with Crippen LogP contribution in [-0.2, 0) is 11.2 Å². The highest BCUT2D eigenvalue weighted by atomic mass is 16.5. The molecule has 3 nitrogen and oxygen atoms in total. The Hall–Kier alpha value is -1.84. The zero-order valence-electron chi connectivity index (χ0n) is 12.9. The average molecular weight is 297 g/mol. The van der Waals surface area contributed by atoms with Crippen LogP contribution in [-0.4, -0.2) is 37.7 Å². The maximum absolute atomic E-state index is 5.89. The number of rotatable bonds is 6. The molecule has 0 saturated carbocycles. The molecule has 0 bridgehead atoms. The van der Waals surface area contributed by atoms with Gasteiger partial charge >= 0.3 is 0 Å². The quantitative estimate of drug-likeness (QED) is 0.810. The summed E-state index contributed by atoms with van der Waals surface area (Å²) in [7, 11) is 0. The van der Waals surface area contributed by atoms with E-state index in [0.717, 1.165) is 50.8 Å². The number of aryl methyl sites for hydroxylation is 1. The van der Waals surface area contributed by atoms with Crippen LogP contribution in [0.1, 0.15) is 12.0 Å². The molecule has 1 heterocycles. The van der Waals surface area contributed by atoms with Crippen molar-refractivity contribution >= 4 is 0 Å². The van der Waals surface area contributed by atoms with Gasteiger partial charge in [-0.1, -0.05) is 30.3 Å². The first-order valence-corrected chi connectivity index (χ1v) is 8.02. The average Bonchev–Trinajstić information content (AvgIpc) is 2.57. The fourth-order valence-electron chi connectivity index (χ4n) is 2.72. The van der Waals surface area contributed by atoms with E-state index < -0.39 is 0 Å². The van der Waals surface area contributed by atoms with Gasteiger partial charge in [-0.25, -0.2) is 0 Å². The van der Waals surface area contributed by atoms with Gasteiger partial charge in [0.25, 0.3) is 0 Å². The van der Waals surface area contributed by atoms with Crippen LogP contribution in [0.3, 0.4) is 0 Å². The third kappa shape index (κ3) is 4.58. The summed E-state index contributed by atoms with van der Waals surface area (Å²) in [5, 5.41) is 0. The molecule has 0 radical (unpaired) electrons. The van der Waals surface area contributed by atoms with Crippen LogP contribution >= 0.6 is 0 Å². The fourth-order valence-corrected chi connectivity index (χ4v) is 2.72. The van der Waals surface area contributed by atoms with E-state index in [1.165, 1.54) is 12.0 Å². The van der Waals surface area contributed by atoms with Gasteiger partial charge in [-0.15, -0.1) is 0 Å². The molecule has 0 aliphatic carbocycles. The van der Waals surface area contributed by atoms with Crippen molar-refractivity contribution in [3.8, 4) is 11.5 Å². The highest BCUT2D eigenvalue weighted by molar-refractivity contribution is 5.33. The molecule has 3 heteroatoms. The highest BCUT2D eigenvalue weighted by Crippen LogP contribution is 2.22. The van der Waals surface area contributed by atoms with E-state index in [2.05, 4.69) is 23.1 Å². The molecular weight excluding hydrogens is 274 g/mol. The zero-order valence-corrected chi connectivity index (χ0v) is 12.9. The molecule has 0 aromatic heterocycles. The summed E-state index contributed by atoms with van der Waals surface area (Å²) in [6, 6.07) is 18.3. The topological polar surface area (TPSA) is 21.7 Å². The van der Waals surface area contributed by atoms with Crippen LogP contribution in [0.15, 0.2) is 54.6 Å². The molecule has 116 valence electrons. The molecule has 2 aromatic carbocycles. The predicted molar refractivity (Wildman–Crippen MR) is 88.5 cm³/mol. The van der Waals surface area contributed by atoms with Gasteiger partial charge in [0.2, 0.25) is 0 Å². The van der Waals surface area contributed by atoms with Crippen molar-refractivity contribution < 1.29 is 9.47 Å². The lowest BCUT2D eigenvalue weighted by atomic mass is 10.1. The Kier molecular flexibility index (Phi) is 5.46. The van der Waals surface area contributed by atoms with Crippen molar-refractivity contribution in [2.24, 2.45) is 0 Å². The van der Waals surface area contributed by atoms with E-state index in [4.69, 9.17) is 9.47 Å². The molecule has 0 unspecified atom stereocenters. The standard InChI is InChI=1S/C19H23NO2/c1-2-8-18(9-3-1)22-19-10-4-6-17(16-19)7-5-11-20-12-14-21-15-13-20/h1-4,6,8-10,16H,5,7,11-15H2. The predicted octanol–water partition coefficient (Wildman–Crippen LogP) is 3.74. The van der Waals surface area contributed by atoms with Crippen LogP contribution in [0.25, 0.3) is 0 Å². The van der Waals surface area contributed by atoms with Crippen molar-refractivity contribution in [3.05, 3.63) is 60.2 Å². The van der Waals surface area contributed by atoms with Gasteiger partial charge in [-0.05, 0) is 49.2 Å². The molecule has 0 amide bonds. The normalized spacial score (nSPS) is 15.6. The van der Waals surface area contributed by atoms with E-state index in [9.17, 15) is 0 Å². The molecule has 0 spiro atoms. The second-order valence-electron chi connectivity index (χ2n) is 5.62. The van der Waals surface area contributed by atoms with Gasteiger partial charge in [0.05, 0.1) is 13.2 Å². The van der Waals surface area contributed by atoms with Crippen molar-refractivity contribution in [2.45, 2.75) is 12.8 Å². The van der Waals surface area contributed by atoms with Crippen LogP contribution < -0.4 is 4.74 Å². The Morgan fingerprint density at radius 3 is 2.50 bits per heavy atom. The van der Waals surface area contributed by atoms with Gasteiger partial charge in [0.1, 0.15) is 11.5 Å². The third-order valence-electron chi connectivity index (χ3n) is 3.92. The number of ether oxygens (including phenoxy) is 2. The second-order valence-corrected chi connectivity index (χ2v) is 5.62. The Balaban J connectivity index is 1.50. The van der Waals surface area contributed by atoms with Crippen molar-refractivity contribution in [1.82, 2.24) is 4.90 Å². The van der Waals surface area contributed by atoms with E-state index in [-0.39, 0.29) is 0 Å². The number of nitrogens with zero attached hydrogens (tertiary/aromatic N) is 1. The largest absolute Gasteiger partial charge is 0.457 e. The van der Waals surface area contributed by atoms with Crippen LogP contribution in [0, 0.1) is 0 Å². The Bertz CT molecular complexity index is 565. The first kappa shape index (κ1) is 15.1. The molecule has 1 fully saturated rings. The summed E-state index contributed by atoms with van der Waals surface area (Å²) >= 11 is 0. The minimum atomic E-state index is 0.875. The minimum absolute atomic E-state index is 0.875. The number of morpholine rings is 1. The summed E-state index contributed by atoms with van der Waals surface area (Å²) in [6.45, 7) is 5.03. The first-order chi connectivity index (χ1) is 10.9. The van der Waals surface area contributed by atoms with Gasteiger partial charge < -0.3 is 9.47 Å². The maximum atomic E-state index is 5.89. The summed E-state index contributed by atoms with van der Waals surface area (Å²) in [5.74, 6) is 1.79. The lowest BCUT2D eigenvalue weighted by Crippen LogP contribution is -2.36. The first-order valence-electron chi connectivity index (χ1n) is 8.02. The lowest BCUT2D eigenvalue weighted by Gasteiger charge is -2.26. The molecule has 22 heavy (non-hydrogen) atoms. The highest BCUT2D eigenvalue weighted by Gasteiger charge is 2.09. The minimum Gasteiger partial charge on any atom is -0.457 e. The maximum Gasteiger partial charge on any atom is 0.127 e. The van der Waals surface area contributed by atoms with Crippen LogP contribution in [0.2, 0.25) is 0 Å². The van der Waals surface area contributed by atoms with Gasteiger partial charge in [0.15, 0.2) is 0 Å². The lowest BCUT2D eigenvalue weighted by molar-refractivity contribution is 0.0375. The van der Waals surface area contributed by atoms with E-state index in [1.807, 2.05) is 36.4 Å². The van der Waals surface area contributed by atoms with Crippen molar-refractivity contribution in [1.29, 1.82) is 0 Å². The number of benzene rings is 2. The second kappa shape index (κ2) is 7.97. The molecule has 0 atom stereocenters. The Labute approximate surface area is 132 Å². The monoisotopic (exact) mass is 297 g/mol. The van der Waals surface area contributed by atoms with E-state index >= 15 is 0 Å². The van der Waals surface area contributed by atoms with Gasteiger partial charge in [-0.3, -0.25) is 4.90 Å². The summed E-state index contributed by atoms with van der Waals surface area (Å²) in [6.07, 6.45) is 2.26. The molecule has 3 rings (SSSR count). The Morgan fingerprint density at radius 1 is 0.909 bits per heavy atom. The van der Waals surface area contributed by atoms with E-state index in [1.54, 1.807) is 0 Å². The summed E-state index contributed by atoms with van der Waals surface area (Å²) < 4.78 is 11.3. The number of hydrogen-bond donors (Lipinski definition) is 0. The zero-order chi connectivity index (χ0) is 15.0. The molecule has 1 aliphatic rings. The van der Waals surface area contributed by atoms with Crippen LogP contribution in [0.5, 0.6) is 11.5 Å². The third-order valence-corrected chi connectivity index (χ3v) is 3.92. The van der Waals surface area contributed by atoms with Crippen molar-refractivity contribution in [3.63, 3.8) is 0 Å². The van der Waals surface area contributed by atoms with E-state index in [0.29, 0.717) is 0 Å². The van der Waals surface area contributed by atoms with Gasteiger partial charge in [-0.2, -0.15) is 0 Å². The molecule has 1 aliphatic heterocycles. The van der Waals surface area contributed by atoms with Crippen molar-refractivity contribution in [2.75, 3.05) is 32.8 Å². The molecule has 0 N–H and O–H groups in total. The molecule has 2 aromatic rings. The molecular formula is C19H23NO2. The number of hydrogen-bond acceptors (Lipinski definition) is 3.